The minimum atomic E-state index is -1.01. The zero-order chi connectivity index (χ0) is 38.8. The SMILES string of the molecule is CN(C)CCCOc1ccc(-c2ccc(C[C@H](N)C(=O)N(C(=O)C3CCC(CNC(=O)OC(C)(C)C)CC3)c3ccc(-c4noc(=O)[nH]4)cc3)cc2)cn1. The molecule has 0 radical (unpaired) electrons. The molecule has 1 aliphatic rings. The van der Waals surface area contributed by atoms with E-state index in [0.717, 1.165) is 29.7 Å². The molecule has 4 N–H and O–H groups in total. The number of nitrogens with two attached hydrogens (primary N) is 1. The Hall–Kier alpha value is -5.34. The number of anilines is 1. The van der Waals surface area contributed by atoms with Gasteiger partial charge in [0.1, 0.15) is 5.60 Å². The summed E-state index contributed by atoms with van der Waals surface area (Å²) in [5, 5.41) is 6.56. The van der Waals surface area contributed by atoms with E-state index in [9.17, 15) is 19.2 Å². The van der Waals surface area contributed by atoms with Gasteiger partial charge in [-0.05, 0) is 121 Å². The van der Waals surface area contributed by atoms with Gasteiger partial charge in [-0.3, -0.25) is 19.1 Å². The van der Waals surface area contributed by atoms with Gasteiger partial charge in [0.2, 0.25) is 11.8 Å². The number of alkyl carbamates (subject to hydrolysis) is 1. The minimum Gasteiger partial charge on any atom is -0.478 e. The lowest BCUT2D eigenvalue weighted by atomic mass is 9.81. The number of H-pyrrole nitrogens is 1. The van der Waals surface area contributed by atoms with Crippen molar-refractivity contribution in [2.45, 2.75) is 70.9 Å². The summed E-state index contributed by atoms with van der Waals surface area (Å²) in [5.41, 5.74) is 9.58. The van der Waals surface area contributed by atoms with Gasteiger partial charge in [-0.2, -0.15) is 0 Å². The van der Waals surface area contributed by atoms with Crippen molar-refractivity contribution < 1.29 is 28.4 Å². The summed E-state index contributed by atoms with van der Waals surface area (Å²) in [5.74, 6) is -0.972. The van der Waals surface area contributed by atoms with E-state index in [4.69, 9.17) is 15.2 Å². The third-order valence-corrected chi connectivity index (χ3v) is 9.21. The summed E-state index contributed by atoms with van der Waals surface area (Å²) in [6.07, 6.45) is 4.93. The first-order valence-electron chi connectivity index (χ1n) is 18.4. The van der Waals surface area contributed by atoms with Crippen LogP contribution in [0.4, 0.5) is 10.5 Å². The van der Waals surface area contributed by atoms with Crippen LogP contribution in [0, 0.1) is 11.8 Å². The van der Waals surface area contributed by atoms with Gasteiger partial charge in [0.05, 0.1) is 18.3 Å². The molecule has 2 heterocycles. The van der Waals surface area contributed by atoms with Crippen LogP contribution >= 0.6 is 0 Å². The molecule has 4 aromatic rings. The van der Waals surface area contributed by atoms with Crippen molar-refractivity contribution in [1.29, 1.82) is 0 Å². The second-order valence-corrected chi connectivity index (χ2v) is 15.0. The zero-order valence-corrected chi connectivity index (χ0v) is 31.7. The molecule has 0 saturated heterocycles. The highest BCUT2D eigenvalue weighted by molar-refractivity contribution is 6.17. The Morgan fingerprint density at radius 1 is 0.963 bits per heavy atom. The third-order valence-electron chi connectivity index (χ3n) is 9.21. The third kappa shape index (κ3) is 11.3. The van der Waals surface area contributed by atoms with Crippen LogP contribution in [0.2, 0.25) is 0 Å². The molecule has 288 valence electrons. The van der Waals surface area contributed by atoms with Crippen LogP contribution in [0.3, 0.4) is 0 Å². The first kappa shape index (κ1) is 39.9. The van der Waals surface area contributed by atoms with Crippen LogP contribution in [-0.4, -0.2) is 83.4 Å². The largest absolute Gasteiger partial charge is 0.478 e. The second-order valence-electron chi connectivity index (χ2n) is 15.0. The van der Waals surface area contributed by atoms with Crippen molar-refractivity contribution in [3.05, 3.63) is 83.0 Å². The highest BCUT2D eigenvalue weighted by Gasteiger charge is 2.35. The van der Waals surface area contributed by atoms with Crippen LogP contribution < -0.4 is 26.4 Å². The fourth-order valence-electron chi connectivity index (χ4n) is 6.36. The molecule has 2 aromatic heterocycles. The number of pyridine rings is 1. The minimum absolute atomic E-state index is 0.181. The van der Waals surface area contributed by atoms with Gasteiger partial charge in [-0.15, -0.1) is 0 Å². The van der Waals surface area contributed by atoms with Gasteiger partial charge >= 0.3 is 11.8 Å². The Balaban J connectivity index is 1.25. The van der Waals surface area contributed by atoms with Gasteiger partial charge in [-0.1, -0.05) is 29.4 Å². The molecule has 0 aliphatic heterocycles. The quantitative estimate of drug-likeness (QED) is 0.145. The first-order valence-corrected chi connectivity index (χ1v) is 18.4. The number of amides is 3. The van der Waals surface area contributed by atoms with Crippen LogP contribution in [-0.2, 0) is 20.7 Å². The number of ether oxygens (including phenoxy) is 2. The van der Waals surface area contributed by atoms with Crippen molar-refractivity contribution in [2.24, 2.45) is 17.6 Å². The Labute approximate surface area is 315 Å². The Kier molecular flexibility index (Phi) is 13.4. The van der Waals surface area contributed by atoms with Crippen LogP contribution in [0.1, 0.15) is 58.4 Å². The highest BCUT2D eigenvalue weighted by Crippen LogP contribution is 2.32. The molecule has 2 aromatic carbocycles. The van der Waals surface area contributed by atoms with E-state index in [1.165, 1.54) is 4.90 Å². The van der Waals surface area contributed by atoms with Gasteiger partial charge in [0, 0.05) is 42.4 Å². The van der Waals surface area contributed by atoms with E-state index in [1.54, 1.807) is 30.5 Å². The molecule has 54 heavy (non-hydrogen) atoms. The molecular weight excluding hydrogens is 690 g/mol. The number of nitrogens with zero attached hydrogens (tertiary/aromatic N) is 4. The van der Waals surface area contributed by atoms with E-state index < -0.39 is 35.3 Å². The summed E-state index contributed by atoms with van der Waals surface area (Å²) in [6.45, 7) is 7.41. The number of aromatic amines is 1. The summed E-state index contributed by atoms with van der Waals surface area (Å²) in [6, 6.07) is 17.1. The van der Waals surface area contributed by atoms with Crippen molar-refractivity contribution >= 4 is 23.6 Å². The number of hydrogen-bond acceptors (Lipinski definition) is 11. The van der Waals surface area contributed by atoms with E-state index in [-0.39, 0.29) is 24.1 Å². The maximum atomic E-state index is 14.2. The normalized spacial score (nSPS) is 16.4. The fraction of sp³-hybridized carbons (Fsp3) is 0.450. The van der Waals surface area contributed by atoms with E-state index in [0.29, 0.717) is 56.0 Å². The summed E-state index contributed by atoms with van der Waals surface area (Å²) in [4.78, 5) is 62.2. The van der Waals surface area contributed by atoms with Gasteiger partial charge in [0.25, 0.3) is 5.91 Å². The Bertz CT molecular complexity index is 1890. The predicted octanol–water partition coefficient (Wildman–Crippen LogP) is 5.18. The molecular formula is C40H51N7O7. The van der Waals surface area contributed by atoms with Crippen LogP contribution in [0.15, 0.2) is 76.2 Å². The molecule has 1 atom stereocenters. The number of aromatic nitrogens is 3. The van der Waals surface area contributed by atoms with E-state index in [1.807, 2.05) is 71.3 Å². The number of benzene rings is 2. The number of nitrogens with one attached hydrogen (secondary N) is 2. The summed E-state index contributed by atoms with van der Waals surface area (Å²) >= 11 is 0. The fourth-order valence-corrected chi connectivity index (χ4v) is 6.36. The average molecular weight is 742 g/mol. The molecule has 1 saturated carbocycles. The van der Waals surface area contributed by atoms with Crippen molar-refractivity contribution in [2.75, 3.05) is 38.7 Å². The van der Waals surface area contributed by atoms with Crippen LogP contribution in [0.25, 0.3) is 22.5 Å². The number of rotatable bonds is 14. The maximum Gasteiger partial charge on any atom is 0.439 e. The van der Waals surface area contributed by atoms with Gasteiger partial charge in [-0.25, -0.2) is 19.5 Å². The predicted molar refractivity (Wildman–Crippen MR) is 205 cm³/mol. The molecule has 14 nitrogen and oxygen atoms in total. The number of carbonyl (C=O) groups excluding carboxylic acids is 3. The second kappa shape index (κ2) is 18.1. The van der Waals surface area contributed by atoms with Crippen molar-refractivity contribution in [1.82, 2.24) is 25.3 Å². The highest BCUT2D eigenvalue weighted by atomic mass is 16.6. The lowest BCUT2D eigenvalue weighted by molar-refractivity contribution is -0.130. The molecule has 0 bridgehead atoms. The molecule has 3 amide bonds. The monoisotopic (exact) mass is 741 g/mol. The lowest BCUT2D eigenvalue weighted by Gasteiger charge is -2.32. The number of carbonyl (C=O) groups is 3. The molecule has 5 rings (SSSR count). The van der Waals surface area contributed by atoms with E-state index in [2.05, 4.69) is 29.9 Å². The average Bonchev–Trinajstić information content (AvgIpc) is 3.59. The zero-order valence-electron chi connectivity index (χ0n) is 31.7. The number of hydrogen-bond donors (Lipinski definition) is 3. The first-order chi connectivity index (χ1) is 25.8. The molecule has 1 fully saturated rings. The molecule has 0 spiro atoms. The van der Waals surface area contributed by atoms with Crippen molar-refractivity contribution in [3.63, 3.8) is 0 Å². The summed E-state index contributed by atoms with van der Waals surface area (Å²) < 4.78 is 15.7. The topological polar surface area (TPSA) is 186 Å². The molecule has 0 unspecified atom stereocenters. The van der Waals surface area contributed by atoms with Crippen LogP contribution in [0.5, 0.6) is 5.88 Å². The van der Waals surface area contributed by atoms with Gasteiger partial charge < -0.3 is 25.4 Å². The Morgan fingerprint density at radius 2 is 1.63 bits per heavy atom. The van der Waals surface area contributed by atoms with E-state index >= 15 is 0 Å². The number of imide groups is 1. The molecule has 14 heteroatoms. The standard InChI is InChI=1S/C40H51N7O7/c1-40(2,3)53-38(50)43-24-27-9-13-30(14-10-27)36(48)47(32-18-15-29(16-19-32)35-44-39(51)54-45-35)37(49)33(41)23-26-7-11-28(12-8-26)31-17-20-34(42-25-31)52-22-6-21-46(4)5/h7-8,11-12,15-20,25,27,30,33H,6,9-10,13-14,21-24,41H2,1-5H3,(H,43,50)(H,44,45,51)/t27?,30?,33-/m0/s1. The summed E-state index contributed by atoms with van der Waals surface area (Å²) in [7, 11) is 4.05. The smallest absolute Gasteiger partial charge is 0.439 e. The Morgan fingerprint density at radius 3 is 2.22 bits per heavy atom. The maximum absolute atomic E-state index is 14.2. The lowest BCUT2D eigenvalue weighted by Crippen LogP contribution is -2.50. The molecule has 1 aliphatic carbocycles. The van der Waals surface area contributed by atoms with Crippen molar-refractivity contribution in [3.8, 4) is 28.4 Å². The van der Waals surface area contributed by atoms with Gasteiger partial charge in [0.15, 0.2) is 5.82 Å².